The molecule has 62 valence electrons. The zero-order chi connectivity index (χ0) is 8.81. The van der Waals surface area contributed by atoms with Gasteiger partial charge in [-0.3, -0.25) is 0 Å². The molecule has 0 aliphatic rings. The first-order valence-corrected chi connectivity index (χ1v) is 3.96. The number of nitrogens with zero attached hydrogens (tertiary/aromatic N) is 1. The van der Waals surface area contributed by atoms with Crippen LogP contribution < -0.4 is 4.74 Å². The van der Waals surface area contributed by atoms with Crippen molar-refractivity contribution in [1.82, 2.24) is 0 Å². The Hall–Kier alpha value is -1.49. The van der Waals surface area contributed by atoms with Crippen molar-refractivity contribution in [1.29, 1.82) is 5.26 Å². The minimum Gasteiger partial charge on any atom is -0.478 e. The molecule has 0 heterocycles. The maximum atomic E-state index is 8.32. The summed E-state index contributed by atoms with van der Waals surface area (Å²) < 4.78 is 5.22. The van der Waals surface area contributed by atoms with Crippen LogP contribution in [0, 0.1) is 11.3 Å². The van der Waals surface area contributed by atoms with Crippen LogP contribution in [0.5, 0.6) is 5.75 Å². The van der Waals surface area contributed by atoms with Gasteiger partial charge >= 0.3 is 0 Å². The largest absolute Gasteiger partial charge is 0.478 e. The number of ether oxygens (including phenoxy) is 1. The van der Waals surface area contributed by atoms with Crippen LogP contribution in [0.25, 0.3) is 0 Å². The fraction of sp³-hybridized carbons (Fsp3) is 0.300. The van der Waals surface area contributed by atoms with E-state index in [2.05, 4.69) is 6.92 Å². The highest BCUT2D eigenvalue weighted by atomic mass is 16.5. The number of rotatable bonds is 3. The van der Waals surface area contributed by atoms with E-state index in [0.29, 0.717) is 0 Å². The molecule has 0 radical (unpaired) electrons. The molecule has 0 N–H and O–H groups in total. The van der Waals surface area contributed by atoms with Crippen LogP contribution in [-0.4, -0.2) is 6.61 Å². The minimum atomic E-state index is 0.122. The molecule has 12 heavy (non-hydrogen) atoms. The average molecular weight is 161 g/mol. The van der Waals surface area contributed by atoms with E-state index in [1.807, 2.05) is 30.3 Å². The number of hydrogen-bond donors (Lipinski definition) is 0. The van der Waals surface area contributed by atoms with Crippen molar-refractivity contribution in [3.63, 3.8) is 0 Å². The lowest BCUT2D eigenvalue weighted by Gasteiger charge is -2.05. The van der Waals surface area contributed by atoms with E-state index in [-0.39, 0.29) is 6.61 Å². The molecule has 0 unspecified atom stereocenters. The monoisotopic (exact) mass is 161 g/mol. The molecule has 0 fully saturated rings. The van der Waals surface area contributed by atoms with Crippen LogP contribution >= 0.6 is 0 Å². The second-order valence-corrected chi connectivity index (χ2v) is 2.41. The zero-order valence-corrected chi connectivity index (χ0v) is 7.08. The van der Waals surface area contributed by atoms with Crippen LogP contribution in [0.4, 0.5) is 0 Å². The molecule has 2 heteroatoms. The van der Waals surface area contributed by atoms with Gasteiger partial charge in [0.2, 0.25) is 0 Å². The van der Waals surface area contributed by atoms with Crippen molar-refractivity contribution in [2.24, 2.45) is 0 Å². The number of para-hydroxylation sites is 1. The van der Waals surface area contributed by atoms with E-state index < -0.39 is 0 Å². The third-order valence-electron chi connectivity index (χ3n) is 1.65. The topological polar surface area (TPSA) is 33.0 Å². The van der Waals surface area contributed by atoms with Gasteiger partial charge in [0.25, 0.3) is 0 Å². The second-order valence-electron chi connectivity index (χ2n) is 2.41. The Kier molecular flexibility index (Phi) is 3.16. The van der Waals surface area contributed by atoms with Gasteiger partial charge in [0.05, 0.1) is 0 Å². The number of nitriles is 1. The molecule has 0 aliphatic heterocycles. The molecule has 0 aromatic heterocycles. The Labute approximate surface area is 72.4 Å². The summed E-state index contributed by atoms with van der Waals surface area (Å²) in [6, 6.07) is 9.72. The van der Waals surface area contributed by atoms with Crippen molar-refractivity contribution in [3.05, 3.63) is 29.8 Å². The molecular weight excluding hydrogens is 150 g/mol. The van der Waals surface area contributed by atoms with E-state index in [4.69, 9.17) is 10.00 Å². The Morgan fingerprint density at radius 3 is 2.83 bits per heavy atom. The predicted octanol–water partition coefficient (Wildman–Crippen LogP) is 2.15. The average Bonchev–Trinajstić information content (AvgIpc) is 2.15. The zero-order valence-electron chi connectivity index (χ0n) is 7.08. The number of hydrogen-bond acceptors (Lipinski definition) is 2. The van der Waals surface area contributed by atoms with Gasteiger partial charge in [0, 0.05) is 0 Å². The van der Waals surface area contributed by atoms with Crippen LogP contribution in [0.15, 0.2) is 24.3 Å². The van der Waals surface area contributed by atoms with Crippen molar-refractivity contribution >= 4 is 0 Å². The highest BCUT2D eigenvalue weighted by Gasteiger charge is 1.98. The van der Waals surface area contributed by atoms with Crippen molar-refractivity contribution in [2.75, 3.05) is 6.61 Å². The third kappa shape index (κ3) is 2.00. The van der Waals surface area contributed by atoms with Gasteiger partial charge < -0.3 is 4.74 Å². The summed E-state index contributed by atoms with van der Waals surface area (Å²) in [5.41, 5.74) is 1.15. The van der Waals surface area contributed by atoms with Crippen LogP contribution in [0.2, 0.25) is 0 Å². The Morgan fingerprint density at radius 2 is 2.17 bits per heavy atom. The van der Waals surface area contributed by atoms with Crippen molar-refractivity contribution < 1.29 is 4.74 Å². The summed E-state index contributed by atoms with van der Waals surface area (Å²) >= 11 is 0. The van der Waals surface area contributed by atoms with E-state index in [9.17, 15) is 0 Å². The fourth-order valence-electron chi connectivity index (χ4n) is 1.05. The van der Waals surface area contributed by atoms with Gasteiger partial charge in [-0.2, -0.15) is 5.26 Å². The van der Waals surface area contributed by atoms with E-state index in [0.717, 1.165) is 17.7 Å². The van der Waals surface area contributed by atoms with Gasteiger partial charge in [-0.1, -0.05) is 25.1 Å². The Morgan fingerprint density at radius 1 is 1.42 bits per heavy atom. The Balaban J connectivity index is 2.76. The molecular formula is C10H11NO. The van der Waals surface area contributed by atoms with Gasteiger partial charge in [0.15, 0.2) is 6.61 Å². The standard InChI is InChI=1S/C10H11NO/c1-2-9-5-3-4-6-10(9)12-8-7-11/h3-6H,2,8H2,1H3. The first-order valence-electron chi connectivity index (χ1n) is 3.96. The predicted molar refractivity (Wildman–Crippen MR) is 46.9 cm³/mol. The van der Waals surface area contributed by atoms with E-state index >= 15 is 0 Å². The second kappa shape index (κ2) is 4.40. The number of aryl methyl sites for hydroxylation is 1. The molecule has 0 aliphatic carbocycles. The Bertz CT molecular complexity index is 288. The molecule has 2 nitrogen and oxygen atoms in total. The first kappa shape index (κ1) is 8.61. The van der Waals surface area contributed by atoms with Gasteiger partial charge in [-0.15, -0.1) is 0 Å². The summed E-state index contributed by atoms with van der Waals surface area (Å²) in [6.07, 6.45) is 0.932. The third-order valence-corrected chi connectivity index (χ3v) is 1.65. The lowest BCUT2D eigenvalue weighted by atomic mass is 10.1. The maximum Gasteiger partial charge on any atom is 0.174 e. The highest BCUT2D eigenvalue weighted by molar-refractivity contribution is 5.33. The maximum absolute atomic E-state index is 8.32. The molecule has 0 bridgehead atoms. The van der Waals surface area contributed by atoms with Gasteiger partial charge in [0.1, 0.15) is 11.8 Å². The minimum absolute atomic E-state index is 0.122. The molecule has 1 rings (SSSR count). The molecule has 0 saturated heterocycles. The quantitative estimate of drug-likeness (QED) is 0.680. The fourth-order valence-corrected chi connectivity index (χ4v) is 1.05. The molecule has 1 aromatic carbocycles. The summed E-state index contributed by atoms with van der Waals surface area (Å²) in [5.74, 6) is 0.821. The molecule has 0 atom stereocenters. The SMILES string of the molecule is CCc1ccccc1OCC#N. The summed E-state index contributed by atoms with van der Waals surface area (Å²) in [7, 11) is 0. The summed E-state index contributed by atoms with van der Waals surface area (Å²) in [4.78, 5) is 0. The van der Waals surface area contributed by atoms with Gasteiger partial charge in [-0.25, -0.2) is 0 Å². The molecule has 0 saturated carbocycles. The van der Waals surface area contributed by atoms with Crippen molar-refractivity contribution in [3.8, 4) is 11.8 Å². The molecule has 0 spiro atoms. The van der Waals surface area contributed by atoms with E-state index in [1.165, 1.54) is 0 Å². The highest BCUT2D eigenvalue weighted by Crippen LogP contribution is 2.17. The lowest BCUT2D eigenvalue weighted by molar-refractivity contribution is 0.364. The normalized spacial score (nSPS) is 9.00. The lowest BCUT2D eigenvalue weighted by Crippen LogP contribution is -1.96. The molecule has 0 amide bonds. The molecule has 1 aromatic rings. The summed E-state index contributed by atoms with van der Waals surface area (Å²) in [5, 5.41) is 8.32. The first-order chi connectivity index (χ1) is 5.88. The van der Waals surface area contributed by atoms with Crippen LogP contribution in [0.1, 0.15) is 12.5 Å². The smallest absolute Gasteiger partial charge is 0.174 e. The van der Waals surface area contributed by atoms with Crippen LogP contribution in [0.3, 0.4) is 0 Å². The van der Waals surface area contributed by atoms with Gasteiger partial charge in [-0.05, 0) is 18.1 Å². The van der Waals surface area contributed by atoms with Crippen molar-refractivity contribution in [2.45, 2.75) is 13.3 Å². The summed E-state index contributed by atoms with van der Waals surface area (Å²) in [6.45, 7) is 2.19. The van der Waals surface area contributed by atoms with Crippen LogP contribution in [-0.2, 0) is 6.42 Å². The number of benzene rings is 1. The van der Waals surface area contributed by atoms with E-state index in [1.54, 1.807) is 0 Å².